The molecular formula is C11H13ClN2O. The van der Waals surface area contributed by atoms with Crippen molar-refractivity contribution in [3.05, 3.63) is 40.9 Å². The molecule has 0 bridgehead atoms. The molecule has 1 aromatic rings. The van der Waals surface area contributed by atoms with Crippen LogP contribution in [0.3, 0.4) is 0 Å². The van der Waals surface area contributed by atoms with E-state index in [0.29, 0.717) is 5.02 Å². The number of halogens is 1. The third-order valence-corrected chi connectivity index (χ3v) is 2.56. The molecule has 1 unspecified atom stereocenters. The Morgan fingerprint density at radius 2 is 2.33 bits per heavy atom. The molecule has 0 saturated carbocycles. The number of pyridine rings is 1. The standard InChI is InChI=1S/C11H13ClN2O/c12-8-4-5-9(14-7-8)11(13)10-3-1-2-6-15-10/h3-5,7,11H,1-2,6,13H2. The first-order chi connectivity index (χ1) is 7.27. The molecule has 2 heterocycles. The van der Waals surface area contributed by atoms with Gasteiger partial charge < -0.3 is 10.5 Å². The Kier molecular flexibility index (Phi) is 3.23. The van der Waals surface area contributed by atoms with Gasteiger partial charge in [-0.25, -0.2) is 0 Å². The van der Waals surface area contributed by atoms with Gasteiger partial charge in [0, 0.05) is 6.20 Å². The fourth-order valence-electron chi connectivity index (χ4n) is 1.51. The number of nitrogens with zero attached hydrogens (tertiary/aromatic N) is 1. The van der Waals surface area contributed by atoms with Gasteiger partial charge in [-0.05, 0) is 31.1 Å². The highest BCUT2D eigenvalue weighted by atomic mass is 35.5. The predicted octanol–water partition coefficient (Wildman–Crippen LogP) is 2.43. The first kappa shape index (κ1) is 10.5. The van der Waals surface area contributed by atoms with Gasteiger partial charge in [0.2, 0.25) is 0 Å². The summed E-state index contributed by atoms with van der Waals surface area (Å²) in [5, 5.41) is 0.615. The second kappa shape index (κ2) is 4.64. The van der Waals surface area contributed by atoms with Gasteiger partial charge in [-0.2, -0.15) is 0 Å². The fourth-order valence-corrected chi connectivity index (χ4v) is 1.62. The van der Waals surface area contributed by atoms with E-state index in [9.17, 15) is 0 Å². The molecule has 2 rings (SSSR count). The van der Waals surface area contributed by atoms with Crippen molar-refractivity contribution in [2.45, 2.75) is 18.9 Å². The van der Waals surface area contributed by atoms with E-state index in [2.05, 4.69) is 4.98 Å². The molecule has 0 spiro atoms. The van der Waals surface area contributed by atoms with Crippen LogP contribution in [-0.4, -0.2) is 11.6 Å². The Hall–Kier alpha value is -1.06. The van der Waals surface area contributed by atoms with Crippen molar-refractivity contribution < 1.29 is 4.74 Å². The lowest BCUT2D eigenvalue weighted by molar-refractivity contribution is 0.175. The van der Waals surface area contributed by atoms with Crippen LogP contribution in [0.1, 0.15) is 24.6 Å². The van der Waals surface area contributed by atoms with Gasteiger partial charge in [0.1, 0.15) is 11.8 Å². The Morgan fingerprint density at radius 1 is 1.47 bits per heavy atom. The highest BCUT2D eigenvalue weighted by Crippen LogP contribution is 2.23. The van der Waals surface area contributed by atoms with Crippen molar-refractivity contribution in [3.8, 4) is 0 Å². The van der Waals surface area contributed by atoms with Crippen molar-refractivity contribution in [1.29, 1.82) is 0 Å². The van der Waals surface area contributed by atoms with Crippen molar-refractivity contribution in [3.63, 3.8) is 0 Å². The number of rotatable bonds is 2. The molecule has 3 nitrogen and oxygen atoms in total. The first-order valence-corrected chi connectivity index (χ1v) is 5.35. The van der Waals surface area contributed by atoms with E-state index in [-0.39, 0.29) is 6.04 Å². The minimum atomic E-state index is -0.275. The second-order valence-electron chi connectivity index (χ2n) is 3.48. The molecule has 0 amide bonds. The number of aromatic nitrogens is 1. The van der Waals surface area contributed by atoms with Gasteiger partial charge in [-0.15, -0.1) is 0 Å². The van der Waals surface area contributed by atoms with Gasteiger partial charge in [-0.1, -0.05) is 11.6 Å². The molecule has 0 radical (unpaired) electrons. The molecule has 0 fully saturated rings. The quantitative estimate of drug-likeness (QED) is 0.840. The molecular weight excluding hydrogens is 212 g/mol. The van der Waals surface area contributed by atoms with Crippen LogP contribution in [0.2, 0.25) is 5.02 Å². The molecule has 2 N–H and O–H groups in total. The number of nitrogens with two attached hydrogens (primary N) is 1. The number of allylic oxidation sites excluding steroid dienone is 1. The summed E-state index contributed by atoms with van der Waals surface area (Å²) in [6.07, 6.45) is 5.71. The van der Waals surface area contributed by atoms with Crippen molar-refractivity contribution in [2.75, 3.05) is 6.61 Å². The summed E-state index contributed by atoms with van der Waals surface area (Å²) in [6, 6.07) is 3.33. The lowest BCUT2D eigenvalue weighted by Gasteiger charge is -2.20. The van der Waals surface area contributed by atoms with E-state index in [1.54, 1.807) is 12.3 Å². The summed E-state index contributed by atoms with van der Waals surface area (Å²) in [6.45, 7) is 0.743. The van der Waals surface area contributed by atoms with Crippen molar-refractivity contribution in [2.24, 2.45) is 5.73 Å². The van der Waals surface area contributed by atoms with E-state index in [1.165, 1.54) is 0 Å². The van der Waals surface area contributed by atoms with Crippen LogP contribution in [0.5, 0.6) is 0 Å². The lowest BCUT2D eigenvalue weighted by Crippen LogP contribution is -2.18. The third-order valence-electron chi connectivity index (χ3n) is 2.34. The summed E-state index contributed by atoms with van der Waals surface area (Å²) in [5.41, 5.74) is 6.81. The molecule has 1 aliphatic heterocycles. The summed E-state index contributed by atoms with van der Waals surface area (Å²) in [5.74, 6) is 0.816. The zero-order valence-electron chi connectivity index (χ0n) is 8.32. The number of hydrogen-bond donors (Lipinski definition) is 1. The van der Waals surface area contributed by atoms with E-state index < -0.39 is 0 Å². The van der Waals surface area contributed by atoms with Gasteiger partial charge in [0.15, 0.2) is 0 Å². The molecule has 0 saturated heterocycles. The largest absolute Gasteiger partial charge is 0.496 e. The maximum atomic E-state index is 6.02. The highest BCUT2D eigenvalue weighted by Gasteiger charge is 2.16. The molecule has 0 aromatic carbocycles. The van der Waals surface area contributed by atoms with Crippen molar-refractivity contribution >= 4 is 11.6 Å². The summed E-state index contributed by atoms with van der Waals surface area (Å²) >= 11 is 5.75. The van der Waals surface area contributed by atoms with Crippen LogP contribution in [-0.2, 0) is 4.74 Å². The fraction of sp³-hybridized carbons (Fsp3) is 0.364. The summed E-state index contributed by atoms with van der Waals surface area (Å²) in [7, 11) is 0. The van der Waals surface area contributed by atoms with Gasteiger partial charge in [-0.3, -0.25) is 4.98 Å². The monoisotopic (exact) mass is 224 g/mol. The average molecular weight is 225 g/mol. The van der Waals surface area contributed by atoms with Crippen LogP contribution in [0.15, 0.2) is 30.2 Å². The van der Waals surface area contributed by atoms with Gasteiger partial charge in [0.25, 0.3) is 0 Å². The zero-order chi connectivity index (χ0) is 10.7. The Labute approximate surface area is 93.9 Å². The van der Waals surface area contributed by atoms with E-state index in [1.807, 2.05) is 12.1 Å². The minimum absolute atomic E-state index is 0.275. The third kappa shape index (κ3) is 2.49. The molecule has 0 aliphatic carbocycles. The van der Waals surface area contributed by atoms with E-state index in [4.69, 9.17) is 22.1 Å². The number of ether oxygens (including phenoxy) is 1. The van der Waals surface area contributed by atoms with Crippen molar-refractivity contribution in [1.82, 2.24) is 4.98 Å². The van der Waals surface area contributed by atoms with Gasteiger partial charge in [0.05, 0.1) is 17.3 Å². The lowest BCUT2D eigenvalue weighted by atomic mass is 10.1. The normalized spacial score (nSPS) is 17.9. The zero-order valence-corrected chi connectivity index (χ0v) is 9.07. The smallest absolute Gasteiger partial charge is 0.115 e. The Bertz CT molecular complexity index is 361. The van der Waals surface area contributed by atoms with E-state index >= 15 is 0 Å². The van der Waals surface area contributed by atoms with Crippen LogP contribution in [0, 0.1) is 0 Å². The Balaban J connectivity index is 2.16. The van der Waals surface area contributed by atoms with Gasteiger partial charge >= 0.3 is 0 Å². The minimum Gasteiger partial charge on any atom is -0.496 e. The summed E-state index contributed by atoms with van der Waals surface area (Å²) in [4.78, 5) is 4.18. The second-order valence-corrected chi connectivity index (χ2v) is 3.91. The predicted molar refractivity (Wildman–Crippen MR) is 59.4 cm³/mol. The van der Waals surface area contributed by atoms with Crippen LogP contribution >= 0.6 is 11.6 Å². The molecule has 80 valence electrons. The van der Waals surface area contributed by atoms with Crippen LogP contribution in [0.4, 0.5) is 0 Å². The molecule has 1 aliphatic rings. The SMILES string of the molecule is NC(C1=CCCCO1)c1ccc(Cl)cn1. The van der Waals surface area contributed by atoms with E-state index in [0.717, 1.165) is 30.9 Å². The number of hydrogen-bond acceptors (Lipinski definition) is 3. The molecule has 1 atom stereocenters. The maximum Gasteiger partial charge on any atom is 0.115 e. The summed E-state index contributed by atoms with van der Waals surface area (Å²) < 4.78 is 5.49. The maximum absolute atomic E-state index is 6.02. The highest BCUT2D eigenvalue weighted by molar-refractivity contribution is 6.30. The Morgan fingerprint density at radius 3 is 2.93 bits per heavy atom. The van der Waals surface area contributed by atoms with Crippen LogP contribution in [0.25, 0.3) is 0 Å². The van der Waals surface area contributed by atoms with Crippen LogP contribution < -0.4 is 5.73 Å². The first-order valence-electron chi connectivity index (χ1n) is 4.97. The molecule has 15 heavy (non-hydrogen) atoms. The molecule has 1 aromatic heterocycles. The average Bonchev–Trinajstić information content (AvgIpc) is 2.30. The topological polar surface area (TPSA) is 48.1 Å². The molecule has 4 heteroatoms.